The number of rotatable bonds is 3. The number of amides is 1. The molecule has 18 heavy (non-hydrogen) atoms. The molecule has 0 unspecified atom stereocenters. The van der Waals surface area contributed by atoms with E-state index in [4.69, 9.17) is 0 Å². The van der Waals surface area contributed by atoms with Crippen LogP contribution < -0.4 is 0 Å². The molecule has 1 aliphatic heterocycles. The highest BCUT2D eigenvalue weighted by Crippen LogP contribution is 2.40. The number of carbonyl (C=O) groups is 2. The van der Waals surface area contributed by atoms with Gasteiger partial charge in [-0.2, -0.15) is 0 Å². The molecule has 0 N–H and O–H groups in total. The van der Waals surface area contributed by atoms with Crippen LogP contribution in [0.15, 0.2) is 16.0 Å². The van der Waals surface area contributed by atoms with Crippen molar-refractivity contribution in [3.05, 3.63) is 11.0 Å². The smallest absolute Gasteiger partial charge is 0.331 e. The fourth-order valence-corrected chi connectivity index (χ4v) is 2.83. The first-order valence-electron chi connectivity index (χ1n) is 6.08. The molecule has 1 amide bonds. The fourth-order valence-electron chi connectivity index (χ4n) is 1.76. The highest BCUT2D eigenvalue weighted by Gasteiger charge is 2.43. The Morgan fingerprint density at radius 2 is 2.17 bits per heavy atom. The van der Waals surface area contributed by atoms with Crippen molar-refractivity contribution in [1.29, 1.82) is 0 Å². The van der Waals surface area contributed by atoms with Gasteiger partial charge < -0.3 is 4.74 Å². The SMILES string of the molecule is COC(=O)/C=C1\SC(=NC2CC2)N(C2CC2)C1=O. The van der Waals surface area contributed by atoms with E-state index >= 15 is 0 Å². The van der Waals surface area contributed by atoms with Gasteiger partial charge in [-0.3, -0.25) is 14.7 Å². The Morgan fingerprint density at radius 1 is 1.44 bits per heavy atom. The molecule has 0 radical (unpaired) electrons. The van der Waals surface area contributed by atoms with Crippen LogP contribution in [0.2, 0.25) is 0 Å². The summed E-state index contributed by atoms with van der Waals surface area (Å²) in [6.45, 7) is 0. The van der Waals surface area contributed by atoms with Gasteiger partial charge in [0.25, 0.3) is 5.91 Å². The molecule has 3 fully saturated rings. The van der Waals surface area contributed by atoms with E-state index in [1.807, 2.05) is 0 Å². The van der Waals surface area contributed by atoms with Gasteiger partial charge in [0.1, 0.15) is 0 Å². The second kappa shape index (κ2) is 4.42. The molecule has 2 saturated carbocycles. The van der Waals surface area contributed by atoms with Gasteiger partial charge >= 0.3 is 5.97 Å². The maximum Gasteiger partial charge on any atom is 0.331 e. The van der Waals surface area contributed by atoms with Crippen LogP contribution in [0, 0.1) is 0 Å². The zero-order chi connectivity index (χ0) is 12.7. The summed E-state index contributed by atoms with van der Waals surface area (Å²) in [6.07, 6.45) is 5.53. The minimum Gasteiger partial charge on any atom is -0.466 e. The van der Waals surface area contributed by atoms with Gasteiger partial charge in [-0.15, -0.1) is 0 Å². The van der Waals surface area contributed by atoms with Crippen molar-refractivity contribution in [2.45, 2.75) is 37.8 Å². The average molecular weight is 266 g/mol. The molecule has 0 aromatic carbocycles. The second-order valence-electron chi connectivity index (χ2n) is 4.68. The highest BCUT2D eigenvalue weighted by molar-refractivity contribution is 8.18. The topological polar surface area (TPSA) is 59.0 Å². The number of methoxy groups -OCH3 is 1. The number of hydrogen-bond acceptors (Lipinski definition) is 5. The van der Waals surface area contributed by atoms with Crippen LogP contribution in [0.5, 0.6) is 0 Å². The van der Waals surface area contributed by atoms with E-state index in [0.717, 1.165) is 30.9 Å². The van der Waals surface area contributed by atoms with E-state index in [9.17, 15) is 9.59 Å². The van der Waals surface area contributed by atoms with Crippen LogP contribution in [0.25, 0.3) is 0 Å². The zero-order valence-electron chi connectivity index (χ0n) is 10.1. The quantitative estimate of drug-likeness (QED) is 0.570. The van der Waals surface area contributed by atoms with Crippen LogP contribution in [-0.2, 0) is 14.3 Å². The van der Waals surface area contributed by atoms with Crippen molar-refractivity contribution in [2.24, 2.45) is 4.99 Å². The van der Waals surface area contributed by atoms with Crippen molar-refractivity contribution in [2.75, 3.05) is 7.11 Å². The number of aliphatic imine (C=N–C) groups is 1. The molecule has 96 valence electrons. The van der Waals surface area contributed by atoms with Crippen LogP contribution in [0.1, 0.15) is 25.7 Å². The third kappa shape index (κ3) is 2.29. The Kier molecular flexibility index (Phi) is 2.89. The Hall–Kier alpha value is -1.30. The summed E-state index contributed by atoms with van der Waals surface area (Å²) in [7, 11) is 1.31. The second-order valence-corrected chi connectivity index (χ2v) is 5.69. The van der Waals surface area contributed by atoms with E-state index in [1.165, 1.54) is 24.9 Å². The number of nitrogens with zero attached hydrogens (tertiary/aromatic N) is 2. The fraction of sp³-hybridized carbons (Fsp3) is 0.583. The summed E-state index contributed by atoms with van der Waals surface area (Å²) in [5.41, 5.74) is 0. The molecule has 6 heteroatoms. The van der Waals surface area contributed by atoms with Crippen molar-refractivity contribution >= 4 is 28.8 Å². The Morgan fingerprint density at radius 3 is 2.72 bits per heavy atom. The molecule has 0 spiro atoms. The Balaban J connectivity index is 1.85. The van der Waals surface area contributed by atoms with Gasteiger partial charge in [0, 0.05) is 12.1 Å². The van der Waals surface area contributed by atoms with E-state index in [1.54, 1.807) is 4.90 Å². The van der Waals surface area contributed by atoms with Crippen molar-refractivity contribution < 1.29 is 14.3 Å². The number of carbonyl (C=O) groups excluding carboxylic acids is 2. The summed E-state index contributed by atoms with van der Waals surface area (Å²) in [5, 5.41) is 0.764. The van der Waals surface area contributed by atoms with Crippen LogP contribution in [-0.4, -0.2) is 41.1 Å². The Bertz CT molecular complexity index is 464. The average Bonchev–Trinajstić information content (AvgIpc) is 3.22. The Labute approximate surface area is 109 Å². The van der Waals surface area contributed by atoms with Gasteiger partial charge in [-0.05, 0) is 37.4 Å². The van der Waals surface area contributed by atoms with Gasteiger partial charge in [-0.1, -0.05) is 0 Å². The monoisotopic (exact) mass is 266 g/mol. The molecule has 2 aliphatic carbocycles. The van der Waals surface area contributed by atoms with E-state index in [-0.39, 0.29) is 11.9 Å². The third-order valence-electron chi connectivity index (χ3n) is 3.04. The molecule has 0 bridgehead atoms. The molecule has 5 nitrogen and oxygen atoms in total. The van der Waals surface area contributed by atoms with Gasteiger partial charge in [0.05, 0.1) is 18.1 Å². The zero-order valence-corrected chi connectivity index (χ0v) is 10.9. The van der Waals surface area contributed by atoms with Gasteiger partial charge in [0.15, 0.2) is 5.17 Å². The number of thioether (sulfide) groups is 1. The summed E-state index contributed by atoms with van der Waals surface area (Å²) in [5.74, 6) is -0.596. The van der Waals surface area contributed by atoms with Crippen LogP contribution in [0.4, 0.5) is 0 Å². The maximum absolute atomic E-state index is 12.2. The predicted molar refractivity (Wildman–Crippen MR) is 68.0 cm³/mol. The summed E-state index contributed by atoms with van der Waals surface area (Å²) in [6, 6.07) is 0.657. The van der Waals surface area contributed by atoms with Crippen molar-refractivity contribution in [3.63, 3.8) is 0 Å². The van der Waals surface area contributed by atoms with Crippen molar-refractivity contribution in [1.82, 2.24) is 4.90 Å². The third-order valence-corrected chi connectivity index (χ3v) is 4.04. The lowest BCUT2D eigenvalue weighted by molar-refractivity contribution is -0.135. The summed E-state index contributed by atoms with van der Waals surface area (Å²) >= 11 is 1.29. The van der Waals surface area contributed by atoms with Crippen LogP contribution >= 0.6 is 11.8 Å². The van der Waals surface area contributed by atoms with E-state index < -0.39 is 5.97 Å². The molecular formula is C12H14N2O3S. The standard InChI is InChI=1S/C12H14N2O3S/c1-17-10(15)6-9-11(16)14(8-4-5-8)12(18-9)13-7-2-3-7/h6-8H,2-5H2,1H3/b9-6-,13-12?. The predicted octanol–water partition coefficient (Wildman–Crippen LogP) is 1.30. The molecule has 0 aromatic rings. The largest absolute Gasteiger partial charge is 0.466 e. The lowest BCUT2D eigenvalue weighted by Gasteiger charge is -2.13. The molecule has 1 heterocycles. The summed E-state index contributed by atoms with van der Waals surface area (Å²) < 4.78 is 4.56. The first kappa shape index (κ1) is 11.8. The molecule has 3 aliphatic rings. The number of ether oxygens (including phenoxy) is 1. The minimum atomic E-state index is -0.491. The van der Waals surface area contributed by atoms with Crippen LogP contribution in [0.3, 0.4) is 0 Å². The first-order valence-corrected chi connectivity index (χ1v) is 6.89. The lowest BCUT2D eigenvalue weighted by Crippen LogP contribution is -2.31. The molecule has 0 aromatic heterocycles. The number of amidine groups is 1. The normalized spacial score (nSPS) is 28.3. The molecular weight excluding hydrogens is 252 g/mol. The van der Waals surface area contributed by atoms with Crippen molar-refractivity contribution in [3.8, 4) is 0 Å². The number of hydrogen-bond donors (Lipinski definition) is 0. The molecule has 3 rings (SSSR count). The summed E-state index contributed by atoms with van der Waals surface area (Å²) in [4.78, 5) is 30.2. The van der Waals surface area contributed by atoms with Gasteiger partial charge in [0.2, 0.25) is 0 Å². The maximum atomic E-state index is 12.2. The molecule has 1 saturated heterocycles. The van der Waals surface area contributed by atoms with E-state index in [2.05, 4.69) is 9.73 Å². The first-order chi connectivity index (χ1) is 8.69. The highest BCUT2D eigenvalue weighted by atomic mass is 32.2. The van der Waals surface area contributed by atoms with E-state index in [0.29, 0.717) is 10.9 Å². The lowest BCUT2D eigenvalue weighted by atomic mass is 10.4. The number of esters is 1. The minimum absolute atomic E-state index is 0.104. The molecule has 0 atom stereocenters. The van der Waals surface area contributed by atoms with Gasteiger partial charge in [-0.25, -0.2) is 4.79 Å².